The Morgan fingerprint density at radius 2 is 2.09 bits per heavy atom. The lowest BCUT2D eigenvalue weighted by Gasteiger charge is -2.20. The summed E-state index contributed by atoms with van der Waals surface area (Å²) >= 11 is 0. The van der Waals surface area contributed by atoms with E-state index in [1.165, 1.54) is 29.2 Å². The monoisotopic (exact) mass is 330 g/mol. The molecule has 6 nitrogen and oxygen atoms in total. The average molecular weight is 330 g/mol. The van der Waals surface area contributed by atoms with Gasteiger partial charge in [-0.25, -0.2) is 17.6 Å². The maximum absolute atomic E-state index is 12.7. The molecule has 2 amide bonds. The van der Waals surface area contributed by atoms with Gasteiger partial charge in [0.05, 0.1) is 18.1 Å². The molecule has 1 aromatic rings. The quantitative estimate of drug-likeness (QED) is 0.875. The lowest BCUT2D eigenvalue weighted by molar-refractivity contribution is 0.192. The Bertz CT molecular complexity index is 618. The molecular formula is C14H19FN2O4S. The molecule has 2 rings (SSSR count). The van der Waals surface area contributed by atoms with Gasteiger partial charge in [0.1, 0.15) is 18.2 Å². The third kappa shape index (κ3) is 4.87. The smallest absolute Gasteiger partial charge is 0.317 e. The molecule has 0 spiro atoms. The van der Waals surface area contributed by atoms with Gasteiger partial charge in [-0.2, -0.15) is 0 Å². The fraction of sp³-hybridized carbons (Fsp3) is 0.500. The summed E-state index contributed by atoms with van der Waals surface area (Å²) in [4.78, 5) is 13.3. The number of hydrogen-bond donors (Lipinski definition) is 1. The molecule has 1 atom stereocenters. The third-order valence-electron chi connectivity index (χ3n) is 3.42. The summed E-state index contributed by atoms with van der Waals surface area (Å²) in [5.74, 6) is 0.307. The van der Waals surface area contributed by atoms with Crippen LogP contribution in [0.2, 0.25) is 0 Å². The van der Waals surface area contributed by atoms with Crippen LogP contribution in [0.1, 0.15) is 6.42 Å². The van der Waals surface area contributed by atoms with E-state index < -0.39 is 9.84 Å². The highest BCUT2D eigenvalue weighted by atomic mass is 32.2. The van der Waals surface area contributed by atoms with Crippen LogP contribution in [0.15, 0.2) is 24.3 Å². The number of sulfone groups is 1. The van der Waals surface area contributed by atoms with E-state index in [4.69, 9.17) is 4.74 Å². The number of nitrogens with one attached hydrogen (secondary N) is 1. The van der Waals surface area contributed by atoms with Crippen LogP contribution >= 0.6 is 0 Å². The molecule has 0 radical (unpaired) electrons. The van der Waals surface area contributed by atoms with Crippen molar-refractivity contribution in [2.24, 2.45) is 0 Å². The van der Waals surface area contributed by atoms with Crippen LogP contribution in [0.25, 0.3) is 0 Å². The van der Waals surface area contributed by atoms with Crippen molar-refractivity contribution in [3.05, 3.63) is 30.1 Å². The molecule has 0 bridgehead atoms. The number of urea groups is 1. The van der Waals surface area contributed by atoms with E-state index in [0.29, 0.717) is 18.7 Å². The second-order valence-electron chi connectivity index (χ2n) is 5.27. The van der Waals surface area contributed by atoms with Crippen molar-refractivity contribution < 1.29 is 22.3 Å². The predicted molar refractivity (Wildman–Crippen MR) is 80.1 cm³/mol. The summed E-state index contributed by atoms with van der Waals surface area (Å²) < 4.78 is 40.8. The minimum Gasteiger partial charge on any atom is -0.492 e. The fourth-order valence-corrected chi connectivity index (χ4v) is 3.80. The Hall–Kier alpha value is -1.83. The van der Waals surface area contributed by atoms with Gasteiger partial charge < -0.3 is 15.0 Å². The van der Waals surface area contributed by atoms with Gasteiger partial charge >= 0.3 is 6.03 Å². The summed E-state index contributed by atoms with van der Waals surface area (Å²) in [6.45, 7) is 0.598. The van der Waals surface area contributed by atoms with Crippen LogP contribution in [0.3, 0.4) is 0 Å². The SMILES string of the molecule is CN(CCOc1ccc(F)cc1)C(=O)NC1CCS(=O)(=O)C1. The molecule has 1 aliphatic rings. The maximum atomic E-state index is 12.7. The van der Waals surface area contributed by atoms with E-state index in [1.807, 2.05) is 0 Å². The number of carbonyl (C=O) groups excluding carboxylic acids is 1. The average Bonchev–Trinajstić information content (AvgIpc) is 2.80. The summed E-state index contributed by atoms with van der Waals surface area (Å²) in [6, 6.07) is 4.97. The van der Waals surface area contributed by atoms with E-state index in [9.17, 15) is 17.6 Å². The summed E-state index contributed by atoms with van der Waals surface area (Å²) in [5, 5.41) is 2.69. The van der Waals surface area contributed by atoms with Crippen molar-refractivity contribution in [2.45, 2.75) is 12.5 Å². The molecule has 122 valence electrons. The lowest BCUT2D eigenvalue weighted by atomic mass is 10.3. The van der Waals surface area contributed by atoms with E-state index in [1.54, 1.807) is 7.05 Å². The maximum Gasteiger partial charge on any atom is 0.317 e. The second kappa shape index (κ2) is 6.95. The van der Waals surface area contributed by atoms with E-state index in [0.717, 1.165) is 0 Å². The Morgan fingerprint density at radius 1 is 1.41 bits per heavy atom. The standard InChI is InChI=1S/C14H19FN2O4S/c1-17(7-8-21-13-4-2-11(15)3-5-13)14(18)16-12-6-9-22(19,20)10-12/h2-5,12H,6-10H2,1H3,(H,16,18). The molecule has 8 heteroatoms. The molecule has 1 aromatic carbocycles. The molecule has 1 saturated heterocycles. The Balaban J connectivity index is 1.71. The zero-order chi connectivity index (χ0) is 16.2. The van der Waals surface area contributed by atoms with Crippen molar-refractivity contribution in [2.75, 3.05) is 31.7 Å². The van der Waals surface area contributed by atoms with Gasteiger partial charge in [-0.15, -0.1) is 0 Å². The minimum atomic E-state index is -3.01. The van der Waals surface area contributed by atoms with Crippen LogP contribution in [0.4, 0.5) is 9.18 Å². The fourth-order valence-electron chi connectivity index (χ4n) is 2.13. The predicted octanol–water partition coefficient (Wildman–Crippen LogP) is 1.03. The lowest BCUT2D eigenvalue weighted by Crippen LogP contribution is -2.44. The first kappa shape index (κ1) is 16.5. The number of hydrogen-bond acceptors (Lipinski definition) is 4. The van der Waals surface area contributed by atoms with Crippen molar-refractivity contribution >= 4 is 15.9 Å². The van der Waals surface area contributed by atoms with Gasteiger partial charge in [0.25, 0.3) is 0 Å². The third-order valence-corrected chi connectivity index (χ3v) is 5.18. The van der Waals surface area contributed by atoms with Crippen LogP contribution in [-0.4, -0.2) is 57.1 Å². The van der Waals surface area contributed by atoms with Gasteiger partial charge in [-0.05, 0) is 30.7 Å². The normalized spacial score (nSPS) is 19.6. The molecule has 1 aliphatic heterocycles. The van der Waals surface area contributed by atoms with Crippen molar-refractivity contribution in [3.63, 3.8) is 0 Å². The summed E-state index contributed by atoms with van der Waals surface area (Å²) in [7, 11) is -1.41. The number of likely N-dealkylation sites (N-methyl/N-ethyl adjacent to an activating group) is 1. The van der Waals surface area contributed by atoms with Gasteiger partial charge in [0.15, 0.2) is 9.84 Å². The number of benzene rings is 1. The molecule has 1 N–H and O–H groups in total. The van der Waals surface area contributed by atoms with Crippen molar-refractivity contribution in [1.29, 1.82) is 0 Å². The first-order valence-corrected chi connectivity index (χ1v) is 8.78. The van der Waals surface area contributed by atoms with E-state index >= 15 is 0 Å². The van der Waals surface area contributed by atoms with Gasteiger partial charge in [0.2, 0.25) is 0 Å². The molecule has 1 fully saturated rings. The first-order chi connectivity index (χ1) is 10.4. The number of nitrogens with zero attached hydrogens (tertiary/aromatic N) is 1. The van der Waals surface area contributed by atoms with E-state index in [-0.39, 0.29) is 36.0 Å². The molecular weight excluding hydrogens is 311 g/mol. The topological polar surface area (TPSA) is 75.7 Å². The highest BCUT2D eigenvalue weighted by Crippen LogP contribution is 2.12. The van der Waals surface area contributed by atoms with Crippen molar-refractivity contribution in [3.8, 4) is 5.75 Å². The van der Waals surface area contributed by atoms with Crippen molar-refractivity contribution in [1.82, 2.24) is 10.2 Å². The number of carbonyl (C=O) groups is 1. The van der Waals surface area contributed by atoms with Crippen LogP contribution in [0.5, 0.6) is 5.75 Å². The molecule has 0 saturated carbocycles. The Morgan fingerprint density at radius 3 is 2.68 bits per heavy atom. The van der Waals surface area contributed by atoms with Gasteiger partial charge in [-0.1, -0.05) is 0 Å². The van der Waals surface area contributed by atoms with Crippen LogP contribution in [0, 0.1) is 5.82 Å². The minimum absolute atomic E-state index is 0.00133. The number of amides is 2. The number of halogens is 1. The molecule has 1 unspecified atom stereocenters. The zero-order valence-corrected chi connectivity index (χ0v) is 13.1. The summed E-state index contributed by atoms with van der Waals surface area (Å²) in [6.07, 6.45) is 0.452. The van der Waals surface area contributed by atoms with Gasteiger partial charge in [-0.3, -0.25) is 0 Å². The molecule has 0 aromatic heterocycles. The highest BCUT2D eigenvalue weighted by molar-refractivity contribution is 7.91. The summed E-state index contributed by atoms with van der Waals surface area (Å²) in [5.41, 5.74) is 0. The highest BCUT2D eigenvalue weighted by Gasteiger charge is 2.29. The van der Waals surface area contributed by atoms with Crippen LogP contribution < -0.4 is 10.1 Å². The second-order valence-corrected chi connectivity index (χ2v) is 7.50. The zero-order valence-electron chi connectivity index (χ0n) is 12.3. The van der Waals surface area contributed by atoms with E-state index in [2.05, 4.69) is 5.32 Å². The molecule has 1 heterocycles. The van der Waals surface area contributed by atoms with Gasteiger partial charge in [0, 0.05) is 13.1 Å². The largest absolute Gasteiger partial charge is 0.492 e. The number of rotatable bonds is 5. The first-order valence-electron chi connectivity index (χ1n) is 6.96. The molecule has 0 aliphatic carbocycles. The molecule has 22 heavy (non-hydrogen) atoms. The number of ether oxygens (including phenoxy) is 1. The Labute approximate surface area is 129 Å². The van der Waals surface area contributed by atoms with Crippen LogP contribution in [-0.2, 0) is 9.84 Å². The Kier molecular flexibility index (Phi) is 5.23.